The second kappa shape index (κ2) is 7.05. The number of benzene rings is 1. The second-order valence-corrected chi connectivity index (χ2v) is 4.23. The SMILES string of the molecule is CC(C)COCc1ccc(F)c(C#CCN)c1. The van der Waals surface area contributed by atoms with Crippen LogP contribution in [-0.4, -0.2) is 13.2 Å². The quantitative estimate of drug-likeness (QED) is 0.813. The molecule has 0 fully saturated rings. The van der Waals surface area contributed by atoms with Crippen LogP contribution in [0.5, 0.6) is 0 Å². The maximum atomic E-state index is 13.4. The van der Waals surface area contributed by atoms with Crippen LogP contribution in [0.1, 0.15) is 25.0 Å². The van der Waals surface area contributed by atoms with E-state index in [2.05, 4.69) is 25.7 Å². The summed E-state index contributed by atoms with van der Waals surface area (Å²) in [6.07, 6.45) is 0. The first-order valence-corrected chi connectivity index (χ1v) is 5.68. The van der Waals surface area contributed by atoms with Gasteiger partial charge in [0.1, 0.15) is 5.82 Å². The van der Waals surface area contributed by atoms with E-state index in [1.54, 1.807) is 12.1 Å². The molecule has 0 unspecified atom stereocenters. The Labute approximate surface area is 102 Å². The van der Waals surface area contributed by atoms with E-state index in [1.165, 1.54) is 6.07 Å². The molecule has 1 aromatic carbocycles. The highest BCUT2D eigenvalue weighted by molar-refractivity contribution is 5.38. The Bertz CT molecular complexity index is 418. The molecule has 92 valence electrons. The maximum absolute atomic E-state index is 13.4. The fourth-order valence-corrected chi connectivity index (χ4v) is 1.32. The third-order valence-electron chi connectivity index (χ3n) is 2.08. The summed E-state index contributed by atoms with van der Waals surface area (Å²) in [5.41, 5.74) is 6.56. The van der Waals surface area contributed by atoms with Crippen LogP contribution in [0.25, 0.3) is 0 Å². The van der Waals surface area contributed by atoms with Crippen molar-refractivity contribution in [1.82, 2.24) is 0 Å². The van der Waals surface area contributed by atoms with Gasteiger partial charge in [-0.25, -0.2) is 4.39 Å². The summed E-state index contributed by atoms with van der Waals surface area (Å²) >= 11 is 0. The van der Waals surface area contributed by atoms with Crippen molar-refractivity contribution >= 4 is 0 Å². The molecule has 1 aromatic rings. The molecule has 0 saturated carbocycles. The molecule has 3 heteroatoms. The number of rotatable bonds is 4. The minimum Gasteiger partial charge on any atom is -0.377 e. The van der Waals surface area contributed by atoms with Crippen molar-refractivity contribution in [3.63, 3.8) is 0 Å². The second-order valence-electron chi connectivity index (χ2n) is 4.23. The monoisotopic (exact) mass is 235 g/mol. The maximum Gasteiger partial charge on any atom is 0.138 e. The topological polar surface area (TPSA) is 35.2 Å². The molecule has 0 amide bonds. The molecular formula is C14H18FNO. The molecule has 0 aliphatic rings. The van der Waals surface area contributed by atoms with Crippen LogP contribution in [0.2, 0.25) is 0 Å². The molecule has 2 nitrogen and oxygen atoms in total. The normalized spacial score (nSPS) is 10.2. The van der Waals surface area contributed by atoms with Gasteiger partial charge in [-0.2, -0.15) is 0 Å². The Morgan fingerprint density at radius 2 is 2.18 bits per heavy atom. The van der Waals surface area contributed by atoms with Crippen LogP contribution in [0.4, 0.5) is 4.39 Å². The van der Waals surface area contributed by atoms with Gasteiger partial charge >= 0.3 is 0 Å². The van der Waals surface area contributed by atoms with Crippen LogP contribution < -0.4 is 5.73 Å². The highest BCUT2D eigenvalue weighted by Gasteiger charge is 2.02. The van der Waals surface area contributed by atoms with Gasteiger partial charge in [0.2, 0.25) is 0 Å². The van der Waals surface area contributed by atoms with E-state index in [4.69, 9.17) is 10.5 Å². The average Bonchev–Trinajstić information content (AvgIpc) is 2.29. The minimum absolute atomic E-state index is 0.230. The number of hydrogen-bond donors (Lipinski definition) is 1. The molecule has 0 aliphatic carbocycles. The van der Waals surface area contributed by atoms with E-state index in [1.807, 2.05) is 0 Å². The van der Waals surface area contributed by atoms with Crippen molar-refractivity contribution in [1.29, 1.82) is 0 Å². The summed E-state index contributed by atoms with van der Waals surface area (Å²) in [5.74, 6) is 5.52. The third-order valence-corrected chi connectivity index (χ3v) is 2.08. The van der Waals surface area contributed by atoms with E-state index in [9.17, 15) is 4.39 Å². The highest BCUT2D eigenvalue weighted by atomic mass is 19.1. The summed E-state index contributed by atoms with van der Waals surface area (Å²) in [6, 6.07) is 4.83. The first kappa shape index (κ1) is 13.7. The first-order chi connectivity index (χ1) is 8.13. The van der Waals surface area contributed by atoms with Crippen molar-refractivity contribution in [3.05, 3.63) is 35.1 Å². The molecule has 0 atom stereocenters. The number of ether oxygens (including phenoxy) is 1. The lowest BCUT2D eigenvalue weighted by Gasteiger charge is -2.07. The zero-order chi connectivity index (χ0) is 12.7. The molecular weight excluding hydrogens is 217 g/mol. The molecule has 0 bridgehead atoms. The Hall–Kier alpha value is -1.37. The fraction of sp³-hybridized carbons (Fsp3) is 0.429. The molecule has 0 radical (unpaired) electrons. The lowest BCUT2D eigenvalue weighted by atomic mass is 10.1. The van der Waals surface area contributed by atoms with Crippen molar-refractivity contribution in [2.45, 2.75) is 20.5 Å². The van der Waals surface area contributed by atoms with Crippen LogP contribution in [-0.2, 0) is 11.3 Å². The number of nitrogens with two attached hydrogens (primary N) is 1. The van der Waals surface area contributed by atoms with Gasteiger partial charge in [-0.05, 0) is 23.6 Å². The zero-order valence-electron chi connectivity index (χ0n) is 10.3. The predicted octanol–water partition coefficient (Wildman–Crippen LogP) is 2.31. The van der Waals surface area contributed by atoms with Gasteiger partial charge in [0.25, 0.3) is 0 Å². The molecule has 2 N–H and O–H groups in total. The smallest absolute Gasteiger partial charge is 0.138 e. The van der Waals surface area contributed by atoms with Crippen LogP contribution in [0.15, 0.2) is 18.2 Å². The largest absolute Gasteiger partial charge is 0.377 e. The van der Waals surface area contributed by atoms with Gasteiger partial charge in [0.15, 0.2) is 0 Å². The Morgan fingerprint density at radius 1 is 1.41 bits per heavy atom. The standard InChI is InChI=1S/C14H18FNO/c1-11(2)9-17-10-12-5-6-14(15)13(8-12)4-3-7-16/h5-6,8,11H,7,9-10,16H2,1-2H3. The van der Waals surface area contributed by atoms with E-state index in [0.717, 1.165) is 5.56 Å². The highest BCUT2D eigenvalue weighted by Crippen LogP contribution is 2.11. The average molecular weight is 235 g/mol. The van der Waals surface area contributed by atoms with Gasteiger partial charge in [0, 0.05) is 6.61 Å². The van der Waals surface area contributed by atoms with Crippen LogP contribution in [0.3, 0.4) is 0 Å². The molecule has 0 saturated heterocycles. The van der Waals surface area contributed by atoms with E-state index in [0.29, 0.717) is 24.7 Å². The predicted molar refractivity (Wildman–Crippen MR) is 66.8 cm³/mol. The van der Waals surface area contributed by atoms with Gasteiger partial charge < -0.3 is 10.5 Å². The van der Waals surface area contributed by atoms with Crippen LogP contribution in [0, 0.1) is 23.6 Å². The van der Waals surface area contributed by atoms with Crippen molar-refractivity contribution < 1.29 is 9.13 Å². The molecule has 0 heterocycles. The Morgan fingerprint density at radius 3 is 2.82 bits per heavy atom. The minimum atomic E-state index is -0.321. The fourth-order valence-electron chi connectivity index (χ4n) is 1.32. The van der Waals surface area contributed by atoms with Gasteiger partial charge in [0.05, 0.1) is 18.7 Å². The summed E-state index contributed by atoms with van der Waals surface area (Å²) in [4.78, 5) is 0. The van der Waals surface area contributed by atoms with Gasteiger partial charge in [-0.1, -0.05) is 31.8 Å². The summed E-state index contributed by atoms with van der Waals surface area (Å²) < 4.78 is 18.8. The zero-order valence-corrected chi connectivity index (χ0v) is 10.3. The Kier molecular flexibility index (Phi) is 5.68. The van der Waals surface area contributed by atoms with E-state index in [-0.39, 0.29) is 12.4 Å². The van der Waals surface area contributed by atoms with Crippen molar-refractivity contribution in [2.75, 3.05) is 13.2 Å². The van der Waals surface area contributed by atoms with Gasteiger partial charge in [-0.15, -0.1) is 0 Å². The third kappa shape index (κ3) is 4.99. The van der Waals surface area contributed by atoms with Crippen molar-refractivity contribution in [3.8, 4) is 11.8 Å². The number of halogens is 1. The first-order valence-electron chi connectivity index (χ1n) is 5.68. The molecule has 17 heavy (non-hydrogen) atoms. The summed E-state index contributed by atoms with van der Waals surface area (Å²) in [5, 5.41) is 0. The van der Waals surface area contributed by atoms with E-state index >= 15 is 0 Å². The lowest BCUT2D eigenvalue weighted by Crippen LogP contribution is -2.02. The van der Waals surface area contributed by atoms with Gasteiger partial charge in [-0.3, -0.25) is 0 Å². The Balaban J connectivity index is 2.68. The molecule has 1 rings (SSSR count). The molecule has 0 aliphatic heterocycles. The summed E-state index contributed by atoms with van der Waals surface area (Å²) in [7, 11) is 0. The van der Waals surface area contributed by atoms with Crippen LogP contribution >= 0.6 is 0 Å². The van der Waals surface area contributed by atoms with Crippen molar-refractivity contribution in [2.24, 2.45) is 11.7 Å². The molecule has 0 aromatic heterocycles. The summed E-state index contributed by atoms with van der Waals surface area (Å²) in [6.45, 7) is 5.58. The number of hydrogen-bond acceptors (Lipinski definition) is 2. The lowest BCUT2D eigenvalue weighted by molar-refractivity contribution is 0.0970. The molecule has 0 spiro atoms. The van der Waals surface area contributed by atoms with E-state index < -0.39 is 0 Å².